The van der Waals surface area contributed by atoms with Gasteiger partial charge in [-0.1, -0.05) is 19.1 Å². The van der Waals surface area contributed by atoms with Gasteiger partial charge >= 0.3 is 0 Å². The fourth-order valence-electron chi connectivity index (χ4n) is 3.28. The summed E-state index contributed by atoms with van der Waals surface area (Å²) in [6.07, 6.45) is 2.81. The standard InChI is InChI=1S/C22H33N5O2S.HI/c1-3-11-29-21-8-7-18(15-24-21)16-25-22(23-4-2)26-17-19(20-6-5-14-30-20)27-9-12-28-13-10-27;/h5-8,14-15,19H,3-4,9-13,16-17H2,1-2H3,(H2,23,25,26);1H. The van der Waals surface area contributed by atoms with Gasteiger partial charge < -0.3 is 20.1 Å². The molecule has 31 heavy (non-hydrogen) atoms. The maximum Gasteiger partial charge on any atom is 0.213 e. The van der Waals surface area contributed by atoms with Crippen LogP contribution in [0.25, 0.3) is 0 Å². The highest BCUT2D eigenvalue weighted by Gasteiger charge is 2.23. The molecule has 1 saturated heterocycles. The average molecular weight is 560 g/mol. The van der Waals surface area contributed by atoms with Crippen LogP contribution in [0.3, 0.4) is 0 Å². The molecule has 2 aromatic rings. The lowest BCUT2D eigenvalue weighted by Gasteiger charge is -2.34. The second kappa shape index (κ2) is 14.6. The first-order valence-corrected chi connectivity index (χ1v) is 11.6. The summed E-state index contributed by atoms with van der Waals surface area (Å²) in [5.41, 5.74) is 1.05. The summed E-state index contributed by atoms with van der Waals surface area (Å²) < 4.78 is 11.1. The predicted octanol–water partition coefficient (Wildman–Crippen LogP) is 3.68. The van der Waals surface area contributed by atoms with Crippen molar-refractivity contribution < 1.29 is 9.47 Å². The average Bonchev–Trinajstić information content (AvgIpc) is 3.32. The molecule has 0 saturated carbocycles. The minimum Gasteiger partial charge on any atom is -0.478 e. The van der Waals surface area contributed by atoms with E-state index in [1.54, 1.807) is 11.3 Å². The van der Waals surface area contributed by atoms with Gasteiger partial charge in [-0.2, -0.15) is 0 Å². The molecule has 0 bridgehead atoms. The molecule has 2 aromatic heterocycles. The lowest BCUT2D eigenvalue weighted by molar-refractivity contribution is 0.0177. The van der Waals surface area contributed by atoms with Crippen molar-refractivity contribution in [3.8, 4) is 5.88 Å². The quantitative estimate of drug-likeness (QED) is 0.263. The second-order valence-electron chi connectivity index (χ2n) is 7.11. The number of nitrogens with zero attached hydrogens (tertiary/aromatic N) is 3. The van der Waals surface area contributed by atoms with Gasteiger partial charge in [0.05, 0.1) is 32.4 Å². The van der Waals surface area contributed by atoms with Crippen LogP contribution in [0.15, 0.2) is 40.8 Å². The van der Waals surface area contributed by atoms with Crippen molar-refractivity contribution in [3.63, 3.8) is 0 Å². The monoisotopic (exact) mass is 559 g/mol. The van der Waals surface area contributed by atoms with Crippen LogP contribution in [0.4, 0.5) is 0 Å². The Kier molecular flexibility index (Phi) is 12.2. The summed E-state index contributed by atoms with van der Waals surface area (Å²) in [4.78, 5) is 13.0. The maximum atomic E-state index is 5.55. The lowest BCUT2D eigenvalue weighted by Crippen LogP contribution is -2.46. The largest absolute Gasteiger partial charge is 0.478 e. The van der Waals surface area contributed by atoms with E-state index < -0.39 is 0 Å². The van der Waals surface area contributed by atoms with Crippen molar-refractivity contribution >= 4 is 41.3 Å². The topological polar surface area (TPSA) is 71.0 Å². The number of pyridine rings is 1. The fourth-order valence-corrected chi connectivity index (χ4v) is 4.14. The van der Waals surface area contributed by atoms with Crippen LogP contribution < -0.4 is 15.4 Å². The molecule has 3 rings (SSSR count). The normalized spacial score (nSPS) is 15.7. The number of halogens is 1. The van der Waals surface area contributed by atoms with Gasteiger partial charge in [0.25, 0.3) is 0 Å². The summed E-state index contributed by atoms with van der Waals surface area (Å²) in [6, 6.07) is 8.58. The number of hydrogen-bond donors (Lipinski definition) is 2. The van der Waals surface area contributed by atoms with Crippen molar-refractivity contribution in [2.75, 3.05) is 46.0 Å². The van der Waals surface area contributed by atoms with Crippen LogP contribution in [-0.2, 0) is 11.3 Å². The fraction of sp³-hybridized carbons (Fsp3) is 0.545. The number of hydrogen-bond acceptors (Lipinski definition) is 6. The zero-order chi connectivity index (χ0) is 21.0. The third-order valence-corrected chi connectivity index (χ3v) is 5.81. The van der Waals surface area contributed by atoms with Gasteiger partial charge in [-0.15, -0.1) is 35.3 Å². The molecule has 2 N–H and O–H groups in total. The van der Waals surface area contributed by atoms with Crippen molar-refractivity contribution in [3.05, 3.63) is 46.3 Å². The molecule has 0 aliphatic carbocycles. The predicted molar refractivity (Wildman–Crippen MR) is 138 cm³/mol. The second-order valence-corrected chi connectivity index (χ2v) is 8.09. The first-order valence-electron chi connectivity index (χ1n) is 10.7. The van der Waals surface area contributed by atoms with E-state index in [4.69, 9.17) is 14.5 Å². The minimum absolute atomic E-state index is 0. The Morgan fingerprint density at radius 3 is 2.74 bits per heavy atom. The van der Waals surface area contributed by atoms with E-state index in [-0.39, 0.29) is 24.0 Å². The Bertz CT molecular complexity index is 752. The van der Waals surface area contributed by atoms with Crippen LogP contribution in [0, 0.1) is 0 Å². The molecule has 9 heteroatoms. The van der Waals surface area contributed by atoms with Crippen molar-refractivity contribution in [1.82, 2.24) is 20.5 Å². The Labute approximate surface area is 206 Å². The summed E-state index contributed by atoms with van der Waals surface area (Å²) in [5.74, 6) is 1.48. The van der Waals surface area contributed by atoms with Crippen LogP contribution in [-0.4, -0.2) is 61.8 Å². The molecule has 172 valence electrons. The maximum absolute atomic E-state index is 5.55. The van der Waals surface area contributed by atoms with E-state index in [0.717, 1.165) is 57.3 Å². The van der Waals surface area contributed by atoms with Crippen molar-refractivity contribution in [1.29, 1.82) is 0 Å². The molecule has 7 nitrogen and oxygen atoms in total. The Hall–Kier alpha value is -1.43. The SMILES string of the molecule is CCCOc1ccc(CN=C(NCC)NCC(c2cccs2)N2CCOCC2)cn1.I. The van der Waals surface area contributed by atoms with Gasteiger partial charge in [-0.05, 0) is 30.4 Å². The van der Waals surface area contributed by atoms with E-state index in [1.165, 1.54) is 4.88 Å². The highest BCUT2D eigenvalue weighted by molar-refractivity contribution is 14.0. The van der Waals surface area contributed by atoms with E-state index in [1.807, 2.05) is 18.3 Å². The summed E-state index contributed by atoms with van der Waals surface area (Å²) in [5, 5.41) is 9.03. The number of nitrogens with one attached hydrogen (secondary N) is 2. The first-order chi connectivity index (χ1) is 14.8. The molecule has 1 unspecified atom stereocenters. The third-order valence-electron chi connectivity index (χ3n) is 4.84. The highest BCUT2D eigenvalue weighted by atomic mass is 127. The van der Waals surface area contributed by atoms with Gasteiger partial charge in [-0.3, -0.25) is 4.90 Å². The molecule has 1 aliphatic rings. The molecule has 3 heterocycles. The number of aliphatic imine (C=N–C) groups is 1. The molecular weight excluding hydrogens is 525 g/mol. The Morgan fingerprint density at radius 2 is 2.10 bits per heavy atom. The lowest BCUT2D eigenvalue weighted by atomic mass is 10.2. The molecule has 1 atom stereocenters. The van der Waals surface area contributed by atoms with Crippen LogP contribution in [0.5, 0.6) is 5.88 Å². The molecule has 1 aliphatic heterocycles. The molecule has 0 amide bonds. The number of guanidine groups is 1. The Balaban J connectivity index is 0.00000341. The smallest absolute Gasteiger partial charge is 0.213 e. The van der Waals surface area contributed by atoms with Crippen LogP contribution in [0.1, 0.15) is 36.8 Å². The van der Waals surface area contributed by atoms with E-state index in [2.05, 4.69) is 51.9 Å². The summed E-state index contributed by atoms with van der Waals surface area (Å²) in [6.45, 7) is 10.5. The van der Waals surface area contributed by atoms with Crippen molar-refractivity contribution in [2.45, 2.75) is 32.9 Å². The van der Waals surface area contributed by atoms with Gasteiger partial charge in [0.15, 0.2) is 5.96 Å². The van der Waals surface area contributed by atoms with E-state index in [0.29, 0.717) is 25.1 Å². The number of ether oxygens (including phenoxy) is 2. The van der Waals surface area contributed by atoms with E-state index in [9.17, 15) is 0 Å². The molecule has 1 fully saturated rings. The van der Waals surface area contributed by atoms with Gasteiger partial charge in [0.1, 0.15) is 0 Å². The molecule has 0 radical (unpaired) electrons. The Morgan fingerprint density at radius 1 is 1.26 bits per heavy atom. The number of aromatic nitrogens is 1. The highest BCUT2D eigenvalue weighted by Crippen LogP contribution is 2.25. The number of thiophene rings is 1. The van der Waals surface area contributed by atoms with Crippen molar-refractivity contribution in [2.24, 2.45) is 4.99 Å². The summed E-state index contributed by atoms with van der Waals surface area (Å²) >= 11 is 1.80. The molecule has 0 aromatic carbocycles. The molecule has 0 spiro atoms. The third kappa shape index (κ3) is 8.55. The van der Waals surface area contributed by atoms with Crippen LogP contribution in [0.2, 0.25) is 0 Å². The van der Waals surface area contributed by atoms with Gasteiger partial charge in [0, 0.05) is 43.3 Å². The van der Waals surface area contributed by atoms with Crippen LogP contribution >= 0.6 is 35.3 Å². The minimum atomic E-state index is 0. The van der Waals surface area contributed by atoms with E-state index >= 15 is 0 Å². The molecular formula is C22H34IN5O2S. The zero-order valence-electron chi connectivity index (χ0n) is 18.4. The first kappa shape index (κ1) is 25.8. The van der Waals surface area contributed by atoms with Gasteiger partial charge in [0.2, 0.25) is 5.88 Å². The zero-order valence-corrected chi connectivity index (χ0v) is 21.5. The summed E-state index contributed by atoms with van der Waals surface area (Å²) in [7, 11) is 0. The number of morpholine rings is 1. The van der Waals surface area contributed by atoms with Gasteiger partial charge in [-0.25, -0.2) is 9.98 Å². The number of rotatable bonds is 10.